The van der Waals surface area contributed by atoms with Crippen LogP contribution in [0.5, 0.6) is 0 Å². The van der Waals surface area contributed by atoms with E-state index < -0.39 is 42.5 Å². The van der Waals surface area contributed by atoms with Gasteiger partial charge in [0.15, 0.2) is 0 Å². The SMILES string of the molecule is CSOC[C@H](N)C(=O)N1CCCC1C(=O)NC(CC(F)(F)F)C(C)C. The van der Waals surface area contributed by atoms with Gasteiger partial charge in [-0.25, -0.2) is 0 Å². The average molecular weight is 385 g/mol. The predicted octanol–water partition coefficient (Wildman–Crippen LogP) is 1.69. The number of likely N-dealkylation sites (tertiary alicyclic amines) is 1. The second-order valence-electron chi connectivity index (χ2n) is 6.43. The van der Waals surface area contributed by atoms with E-state index in [9.17, 15) is 22.8 Å². The predicted molar refractivity (Wildman–Crippen MR) is 89.6 cm³/mol. The van der Waals surface area contributed by atoms with E-state index in [2.05, 4.69) is 5.32 Å². The van der Waals surface area contributed by atoms with Crippen molar-refractivity contribution in [2.45, 2.75) is 57.4 Å². The molecule has 0 bridgehead atoms. The third kappa shape index (κ3) is 7.02. The van der Waals surface area contributed by atoms with E-state index in [0.717, 1.165) is 12.0 Å². The molecule has 1 aliphatic heterocycles. The highest BCUT2D eigenvalue weighted by Crippen LogP contribution is 2.25. The number of nitrogens with two attached hydrogens (primary N) is 1. The van der Waals surface area contributed by atoms with E-state index in [1.807, 2.05) is 0 Å². The number of carbonyl (C=O) groups is 2. The second-order valence-corrected chi connectivity index (χ2v) is 6.99. The topological polar surface area (TPSA) is 84.7 Å². The van der Waals surface area contributed by atoms with Gasteiger partial charge < -0.3 is 20.1 Å². The molecule has 0 aromatic rings. The summed E-state index contributed by atoms with van der Waals surface area (Å²) in [5.74, 6) is -1.37. The van der Waals surface area contributed by atoms with Crippen LogP contribution in [0.2, 0.25) is 0 Å². The number of hydrogen-bond acceptors (Lipinski definition) is 5. The van der Waals surface area contributed by atoms with Gasteiger partial charge in [-0.1, -0.05) is 13.8 Å². The zero-order valence-corrected chi connectivity index (χ0v) is 15.5. The molecule has 146 valence electrons. The molecular weight excluding hydrogens is 359 g/mol. The monoisotopic (exact) mass is 385 g/mol. The van der Waals surface area contributed by atoms with Gasteiger partial charge in [-0.15, -0.1) is 0 Å². The van der Waals surface area contributed by atoms with E-state index in [0.29, 0.717) is 19.4 Å². The highest BCUT2D eigenvalue weighted by atomic mass is 32.2. The van der Waals surface area contributed by atoms with Crippen molar-refractivity contribution in [3.8, 4) is 0 Å². The molecule has 1 fully saturated rings. The van der Waals surface area contributed by atoms with Gasteiger partial charge >= 0.3 is 6.18 Å². The molecule has 6 nitrogen and oxygen atoms in total. The summed E-state index contributed by atoms with van der Waals surface area (Å²) in [5.41, 5.74) is 5.77. The van der Waals surface area contributed by atoms with Crippen molar-refractivity contribution in [2.75, 3.05) is 19.4 Å². The summed E-state index contributed by atoms with van der Waals surface area (Å²) in [6.45, 7) is 3.59. The van der Waals surface area contributed by atoms with Gasteiger partial charge in [0.1, 0.15) is 12.1 Å². The Hall–Kier alpha value is -1.00. The Morgan fingerprint density at radius 3 is 2.56 bits per heavy atom. The van der Waals surface area contributed by atoms with Crippen molar-refractivity contribution >= 4 is 23.9 Å². The molecule has 1 aliphatic rings. The number of nitrogens with one attached hydrogen (secondary N) is 1. The van der Waals surface area contributed by atoms with Gasteiger partial charge in [-0.2, -0.15) is 13.2 Å². The Labute approximate surface area is 150 Å². The first kappa shape index (κ1) is 22.0. The first-order valence-corrected chi connectivity index (χ1v) is 9.30. The summed E-state index contributed by atoms with van der Waals surface area (Å²) in [5, 5.41) is 2.45. The Morgan fingerprint density at radius 2 is 2.04 bits per heavy atom. The van der Waals surface area contributed by atoms with Crippen LogP contribution in [0.4, 0.5) is 13.2 Å². The summed E-state index contributed by atoms with van der Waals surface area (Å²) in [6.07, 6.45) is -2.77. The van der Waals surface area contributed by atoms with Crippen molar-refractivity contribution in [3.63, 3.8) is 0 Å². The molecule has 0 saturated carbocycles. The summed E-state index contributed by atoms with van der Waals surface area (Å²) >= 11 is 1.08. The van der Waals surface area contributed by atoms with Gasteiger partial charge in [-0.05, 0) is 30.8 Å². The zero-order chi connectivity index (χ0) is 19.2. The summed E-state index contributed by atoms with van der Waals surface area (Å²) in [7, 11) is 0. The molecule has 25 heavy (non-hydrogen) atoms. The average Bonchev–Trinajstić information content (AvgIpc) is 2.99. The summed E-state index contributed by atoms with van der Waals surface area (Å²) in [4.78, 5) is 26.2. The fraction of sp³-hybridized carbons (Fsp3) is 0.867. The maximum Gasteiger partial charge on any atom is 0.391 e. The second kappa shape index (κ2) is 9.63. The number of amides is 2. The number of alkyl halides is 3. The van der Waals surface area contributed by atoms with Crippen molar-refractivity contribution in [1.29, 1.82) is 0 Å². The number of halogens is 3. The van der Waals surface area contributed by atoms with Crippen LogP contribution in [0.25, 0.3) is 0 Å². The lowest BCUT2D eigenvalue weighted by molar-refractivity contribution is -0.148. The van der Waals surface area contributed by atoms with E-state index in [4.69, 9.17) is 9.92 Å². The van der Waals surface area contributed by atoms with Crippen LogP contribution in [-0.4, -0.2) is 60.4 Å². The Balaban J connectivity index is 2.73. The molecule has 1 saturated heterocycles. The summed E-state index contributed by atoms with van der Waals surface area (Å²) < 4.78 is 43.1. The minimum atomic E-state index is -4.37. The van der Waals surface area contributed by atoms with Gasteiger partial charge in [0.25, 0.3) is 0 Å². The maximum absolute atomic E-state index is 12.7. The summed E-state index contributed by atoms with van der Waals surface area (Å²) in [6, 6.07) is -2.72. The van der Waals surface area contributed by atoms with Crippen LogP contribution in [0.15, 0.2) is 0 Å². The molecule has 2 amide bonds. The van der Waals surface area contributed by atoms with Gasteiger partial charge in [0.05, 0.1) is 13.0 Å². The zero-order valence-electron chi connectivity index (χ0n) is 14.6. The smallest absolute Gasteiger partial charge is 0.351 e. The third-order valence-electron chi connectivity index (χ3n) is 4.10. The largest absolute Gasteiger partial charge is 0.391 e. The molecule has 3 atom stereocenters. The van der Waals surface area contributed by atoms with Crippen LogP contribution in [-0.2, 0) is 13.8 Å². The lowest BCUT2D eigenvalue weighted by atomic mass is 10.00. The van der Waals surface area contributed by atoms with Crippen molar-refractivity contribution in [1.82, 2.24) is 10.2 Å². The van der Waals surface area contributed by atoms with Crippen LogP contribution in [0, 0.1) is 5.92 Å². The molecule has 1 rings (SSSR count). The molecule has 0 spiro atoms. The Bertz CT molecular complexity index is 463. The molecule has 0 aromatic heterocycles. The van der Waals surface area contributed by atoms with Crippen LogP contribution >= 0.6 is 12.0 Å². The molecule has 10 heteroatoms. The number of nitrogens with zero attached hydrogens (tertiary/aromatic N) is 1. The Kier molecular flexibility index (Phi) is 8.49. The molecule has 3 N–H and O–H groups in total. The molecule has 0 aromatic carbocycles. The standard InChI is InChI=1S/C15H26F3N3O3S/c1-9(2)11(7-15(16,17)18)20-13(22)12-5-4-6-21(12)14(23)10(19)8-24-25-3/h9-12H,4-8,19H2,1-3H3,(H,20,22)/t10-,11?,12?/m0/s1. The first-order chi connectivity index (χ1) is 11.6. The fourth-order valence-electron chi connectivity index (χ4n) is 2.71. The van der Waals surface area contributed by atoms with Crippen molar-refractivity contribution in [3.05, 3.63) is 0 Å². The van der Waals surface area contributed by atoms with Crippen LogP contribution < -0.4 is 11.1 Å². The Morgan fingerprint density at radius 1 is 1.40 bits per heavy atom. The fourth-order valence-corrected chi connectivity index (χ4v) is 2.99. The van der Waals surface area contributed by atoms with Crippen LogP contribution in [0.3, 0.4) is 0 Å². The molecule has 0 radical (unpaired) electrons. The van der Waals surface area contributed by atoms with Gasteiger partial charge in [-0.3, -0.25) is 9.59 Å². The molecule has 2 unspecified atom stereocenters. The number of hydrogen-bond donors (Lipinski definition) is 2. The van der Waals surface area contributed by atoms with Crippen LogP contribution in [0.1, 0.15) is 33.1 Å². The molecule has 0 aliphatic carbocycles. The lowest BCUT2D eigenvalue weighted by Gasteiger charge is -2.30. The highest BCUT2D eigenvalue weighted by Gasteiger charge is 2.39. The normalized spacial score (nSPS) is 20.6. The molecule has 1 heterocycles. The van der Waals surface area contributed by atoms with Gasteiger partial charge in [0.2, 0.25) is 11.8 Å². The van der Waals surface area contributed by atoms with Crippen molar-refractivity contribution in [2.24, 2.45) is 11.7 Å². The first-order valence-electron chi connectivity index (χ1n) is 8.15. The third-order valence-corrected chi connectivity index (χ3v) is 4.48. The minimum Gasteiger partial charge on any atom is -0.351 e. The van der Waals surface area contributed by atoms with E-state index >= 15 is 0 Å². The highest BCUT2D eigenvalue weighted by molar-refractivity contribution is 7.93. The maximum atomic E-state index is 12.7. The lowest BCUT2D eigenvalue weighted by Crippen LogP contribution is -2.54. The minimum absolute atomic E-state index is 0.00747. The number of rotatable bonds is 8. The quantitative estimate of drug-likeness (QED) is 0.621. The molecular formula is C15H26F3N3O3S. The van der Waals surface area contributed by atoms with Gasteiger partial charge in [0, 0.05) is 18.8 Å². The van der Waals surface area contributed by atoms with E-state index in [-0.39, 0.29) is 12.5 Å². The van der Waals surface area contributed by atoms with E-state index in [1.165, 1.54) is 4.90 Å². The number of carbonyl (C=O) groups excluding carboxylic acids is 2. The van der Waals surface area contributed by atoms with Crippen molar-refractivity contribution < 1.29 is 26.9 Å². The van der Waals surface area contributed by atoms with E-state index in [1.54, 1.807) is 20.1 Å².